The van der Waals surface area contributed by atoms with E-state index in [4.69, 9.17) is 4.42 Å². The first kappa shape index (κ1) is 11.9. The lowest BCUT2D eigenvalue weighted by molar-refractivity contribution is 0.479. The van der Waals surface area contributed by atoms with Crippen LogP contribution in [0.4, 0.5) is 0 Å². The van der Waals surface area contributed by atoms with Crippen LogP contribution in [0.15, 0.2) is 10.5 Å². The van der Waals surface area contributed by atoms with Crippen molar-refractivity contribution in [3.63, 3.8) is 0 Å². The molecule has 0 aromatic carbocycles. The number of aromatic nitrogens is 1. The zero-order valence-electron chi connectivity index (χ0n) is 9.22. The van der Waals surface area contributed by atoms with Crippen molar-refractivity contribution < 1.29 is 4.42 Å². The molecular weight excluding hydrogens is 162 g/mol. The van der Waals surface area contributed by atoms with Gasteiger partial charge in [-0.05, 0) is 13.0 Å². The number of hydrogen-bond acceptors (Lipinski definition) is 2. The summed E-state index contributed by atoms with van der Waals surface area (Å²) < 4.78 is 5.35. The molecule has 1 aromatic heterocycles. The van der Waals surface area contributed by atoms with Gasteiger partial charge in [0.25, 0.3) is 0 Å². The summed E-state index contributed by atoms with van der Waals surface area (Å²) >= 11 is 0. The number of hydrogen-bond donors (Lipinski definition) is 0. The fraction of sp³-hybridized carbons (Fsp3) is 0.545. The van der Waals surface area contributed by atoms with Gasteiger partial charge in [0.15, 0.2) is 5.89 Å². The first-order chi connectivity index (χ1) is 6.27. The topological polar surface area (TPSA) is 26.0 Å². The van der Waals surface area contributed by atoms with Crippen LogP contribution in [0.3, 0.4) is 0 Å². The SMILES string of the molecule is C/C=C\c1nc(C)oc1CC.CC. The second kappa shape index (κ2) is 6.46. The number of allylic oxidation sites excluding steroid dienone is 1. The Morgan fingerprint density at radius 3 is 2.46 bits per heavy atom. The first-order valence-electron chi connectivity index (χ1n) is 4.87. The van der Waals surface area contributed by atoms with Gasteiger partial charge in [-0.1, -0.05) is 26.8 Å². The van der Waals surface area contributed by atoms with Crippen LogP contribution in [0, 0.1) is 6.92 Å². The van der Waals surface area contributed by atoms with E-state index in [0.29, 0.717) is 0 Å². The predicted octanol–water partition coefficient (Wildman–Crippen LogP) is 3.60. The molecule has 0 atom stereocenters. The molecular formula is C11H19NO. The lowest BCUT2D eigenvalue weighted by Crippen LogP contribution is -1.79. The molecule has 2 heteroatoms. The van der Waals surface area contributed by atoms with Gasteiger partial charge < -0.3 is 4.42 Å². The van der Waals surface area contributed by atoms with Crippen molar-refractivity contribution in [3.05, 3.63) is 23.4 Å². The highest BCUT2D eigenvalue weighted by atomic mass is 16.4. The van der Waals surface area contributed by atoms with Gasteiger partial charge in [0.2, 0.25) is 0 Å². The Morgan fingerprint density at radius 1 is 1.38 bits per heavy atom. The van der Waals surface area contributed by atoms with E-state index in [1.807, 2.05) is 39.8 Å². The van der Waals surface area contributed by atoms with E-state index in [9.17, 15) is 0 Å². The summed E-state index contributed by atoms with van der Waals surface area (Å²) in [5, 5.41) is 0. The number of aryl methyl sites for hydroxylation is 2. The van der Waals surface area contributed by atoms with Crippen LogP contribution in [0.5, 0.6) is 0 Å². The Labute approximate surface area is 80.7 Å². The molecule has 1 aromatic rings. The fourth-order valence-electron chi connectivity index (χ4n) is 1.03. The van der Waals surface area contributed by atoms with Gasteiger partial charge in [0.05, 0.1) is 0 Å². The lowest BCUT2D eigenvalue weighted by Gasteiger charge is -1.87. The van der Waals surface area contributed by atoms with Gasteiger partial charge in [0, 0.05) is 13.3 Å². The Morgan fingerprint density at radius 2 is 2.00 bits per heavy atom. The Balaban J connectivity index is 0.000000671. The summed E-state index contributed by atoms with van der Waals surface area (Å²) in [5.41, 5.74) is 0.965. The monoisotopic (exact) mass is 181 g/mol. The van der Waals surface area contributed by atoms with Crippen molar-refractivity contribution in [1.82, 2.24) is 4.98 Å². The van der Waals surface area contributed by atoms with E-state index in [1.54, 1.807) is 0 Å². The molecule has 0 spiro atoms. The average molecular weight is 181 g/mol. The highest BCUT2D eigenvalue weighted by Gasteiger charge is 2.04. The maximum Gasteiger partial charge on any atom is 0.191 e. The largest absolute Gasteiger partial charge is 0.445 e. The van der Waals surface area contributed by atoms with Gasteiger partial charge in [-0.25, -0.2) is 4.98 Å². The van der Waals surface area contributed by atoms with Crippen LogP contribution < -0.4 is 0 Å². The molecule has 13 heavy (non-hydrogen) atoms. The maximum absolute atomic E-state index is 5.35. The van der Waals surface area contributed by atoms with Crippen LogP contribution >= 0.6 is 0 Å². The van der Waals surface area contributed by atoms with Crippen molar-refractivity contribution in [2.75, 3.05) is 0 Å². The molecule has 0 aliphatic rings. The summed E-state index contributed by atoms with van der Waals surface area (Å²) in [6.07, 6.45) is 4.84. The van der Waals surface area contributed by atoms with Crippen molar-refractivity contribution in [3.8, 4) is 0 Å². The summed E-state index contributed by atoms with van der Waals surface area (Å²) in [5.74, 6) is 1.72. The van der Waals surface area contributed by atoms with Crippen LogP contribution in [-0.2, 0) is 6.42 Å². The van der Waals surface area contributed by atoms with E-state index in [0.717, 1.165) is 23.8 Å². The molecule has 0 saturated carbocycles. The van der Waals surface area contributed by atoms with Crippen molar-refractivity contribution >= 4 is 6.08 Å². The molecule has 1 heterocycles. The molecule has 74 valence electrons. The zero-order chi connectivity index (χ0) is 10.3. The smallest absolute Gasteiger partial charge is 0.191 e. The highest BCUT2D eigenvalue weighted by molar-refractivity contribution is 5.46. The van der Waals surface area contributed by atoms with Crippen LogP contribution in [0.25, 0.3) is 6.08 Å². The number of oxazole rings is 1. The molecule has 0 aliphatic heterocycles. The molecule has 0 radical (unpaired) electrons. The van der Waals surface area contributed by atoms with Gasteiger partial charge in [0.1, 0.15) is 11.5 Å². The van der Waals surface area contributed by atoms with Crippen molar-refractivity contribution in [2.45, 2.75) is 41.0 Å². The van der Waals surface area contributed by atoms with Gasteiger partial charge in [-0.2, -0.15) is 0 Å². The van der Waals surface area contributed by atoms with Gasteiger partial charge >= 0.3 is 0 Å². The second-order valence-corrected chi connectivity index (χ2v) is 2.39. The first-order valence-corrected chi connectivity index (χ1v) is 4.87. The summed E-state index contributed by atoms with van der Waals surface area (Å²) in [6.45, 7) is 9.91. The number of nitrogens with zero attached hydrogens (tertiary/aromatic N) is 1. The molecule has 2 nitrogen and oxygen atoms in total. The lowest BCUT2D eigenvalue weighted by atomic mass is 10.3. The minimum Gasteiger partial charge on any atom is -0.445 e. The molecule has 0 unspecified atom stereocenters. The zero-order valence-corrected chi connectivity index (χ0v) is 9.22. The second-order valence-electron chi connectivity index (χ2n) is 2.39. The average Bonchev–Trinajstić information content (AvgIpc) is 2.50. The summed E-state index contributed by atoms with van der Waals surface area (Å²) in [4.78, 5) is 4.22. The third kappa shape index (κ3) is 3.45. The van der Waals surface area contributed by atoms with E-state index < -0.39 is 0 Å². The van der Waals surface area contributed by atoms with E-state index in [-0.39, 0.29) is 0 Å². The van der Waals surface area contributed by atoms with Gasteiger partial charge in [-0.15, -0.1) is 0 Å². The molecule has 0 fully saturated rings. The minimum absolute atomic E-state index is 0.745. The Hall–Kier alpha value is -1.05. The molecule has 0 bridgehead atoms. The van der Waals surface area contributed by atoms with Crippen molar-refractivity contribution in [1.29, 1.82) is 0 Å². The molecule has 0 aliphatic carbocycles. The normalized spacial score (nSPS) is 9.92. The van der Waals surface area contributed by atoms with Crippen LogP contribution in [-0.4, -0.2) is 4.98 Å². The standard InChI is InChI=1S/C9H13NO.C2H6/c1-4-6-8-9(5-2)11-7(3)10-8;1-2/h4,6H,5H2,1-3H3;1-2H3/b6-4-;. The minimum atomic E-state index is 0.745. The molecule has 0 amide bonds. The Kier molecular flexibility index (Phi) is 5.94. The van der Waals surface area contributed by atoms with Crippen LogP contribution in [0.2, 0.25) is 0 Å². The van der Waals surface area contributed by atoms with E-state index in [2.05, 4.69) is 11.9 Å². The fourth-order valence-corrected chi connectivity index (χ4v) is 1.03. The van der Waals surface area contributed by atoms with Crippen LogP contribution in [0.1, 0.15) is 45.0 Å². The van der Waals surface area contributed by atoms with E-state index >= 15 is 0 Å². The maximum atomic E-state index is 5.35. The summed E-state index contributed by atoms with van der Waals surface area (Å²) in [6, 6.07) is 0. The quantitative estimate of drug-likeness (QED) is 0.696. The predicted molar refractivity (Wildman–Crippen MR) is 56.7 cm³/mol. The third-order valence-corrected chi connectivity index (χ3v) is 1.48. The van der Waals surface area contributed by atoms with E-state index in [1.165, 1.54) is 0 Å². The van der Waals surface area contributed by atoms with Gasteiger partial charge in [-0.3, -0.25) is 0 Å². The third-order valence-electron chi connectivity index (χ3n) is 1.48. The highest BCUT2D eigenvalue weighted by Crippen LogP contribution is 2.12. The number of rotatable bonds is 2. The molecule has 1 rings (SSSR count). The Bertz CT molecular complexity index is 261. The summed E-state index contributed by atoms with van der Waals surface area (Å²) in [7, 11) is 0. The van der Waals surface area contributed by atoms with Crippen molar-refractivity contribution in [2.24, 2.45) is 0 Å². The molecule has 0 saturated heterocycles. The molecule has 0 N–H and O–H groups in total.